The van der Waals surface area contributed by atoms with Crippen LogP contribution in [0.1, 0.15) is 51.4 Å². The Labute approximate surface area is 111 Å². The van der Waals surface area contributed by atoms with Crippen LogP contribution in [0.3, 0.4) is 0 Å². The topological polar surface area (TPSA) is 12.5 Å². The molecular weight excluding hydrogens is 222 g/mol. The van der Waals surface area contributed by atoms with E-state index >= 15 is 0 Å². The Balaban J connectivity index is 1.41. The van der Waals surface area contributed by atoms with Crippen molar-refractivity contribution in [2.75, 3.05) is 19.7 Å². The Morgan fingerprint density at radius 2 is 1.94 bits per heavy atom. The number of ether oxygens (including phenoxy) is 1. The van der Waals surface area contributed by atoms with E-state index in [4.69, 9.17) is 4.74 Å². The molecule has 0 unspecified atom stereocenters. The Hall–Kier alpha value is -0.0800. The molecular formula is C16H27NO. The van der Waals surface area contributed by atoms with E-state index in [1.165, 1.54) is 51.6 Å². The van der Waals surface area contributed by atoms with Crippen molar-refractivity contribution in [2.45, 2.75) is 63.5 Å². The lowest BCUT2D eigenvalue weighted by Crippen LogP contribution is -2.54. The van der Waals surface area contributed by atoms with Gasteiger partial charge in [0, 0.05) is 19.1 Å². The lowest BCUT2D eigenvalue weighted by atomic mass is 9.85. The molecule has 18 heavy (non-hydrogen) atoms. The number of morpholine rings is 1. The molecule has 1 heterocycles. The quantitative estimate of drug-likeness (QED) is 0.746. The standard InChI is InChI=1S/C16H27NO/c1-2-4-16-15(3-1)17(7-8-18-16)11-14-10-12-5-6-13(14)9-12/h12-16H,1-11H2/t12-,13-,14+,15+,16-/m0/s1. The number of hydrogen-bond acceptors (Lipinski definition) is 2. The molecule has 5 atom stereocenters. The highest BCUT2D eigenvalue weighted by Crippen LogP contribution is 2.48. The summed E-state index contributed by atoms with van der Waals surface area (Å²) in [7, 11) is 0. The van der Waals surface area contributed by atoms with E-state index < -0.39 is 0 Å². The molecule has 2 heteroatoms. The molecule has 3 saturated carbocycles. The molecule has 0 aromatic rings. The molecule has 1 aliphatic heterocycles. The van der Waals surface area contributed by atoms with E-state index in [0.717, 1.165) is 30.4 Å². The van der Waals surface area contributed by atoms with Crippen LogP contribution < -0.4 is 0 Å². The molecule has 3 aliphatic carbocycles. The van der Waals surface area contributed by atoms with Crippen LogP contribution in [0.2, 0.25) is 0 Å². The van der Waals surface area contributed by atoms with Crippen LogP contribution in [0.4, 0.5) is 0 Å². The van der Waals surface area contributed by atoms with E-state index in [9.17, 15) is 0 Å². The fourth-order valence-electron chi connectivity index (χ4n) is 5.30. The normalized spacial score (nSPS) is 48.3. The maximum absolute atomic E-state index is 6.00. The molecule has 4 rings (SSSR count). The van der Waals surface area contributed by atoms with Gasteiger partial charge in [-0.1, -0.05) is 19.3 Å². The average molecular weight is 249 g/mol. The fraction of sp³-hybridized carbons (Fsp3) is 1.00. The van der Waals surface area contributed by atoms with Gasteiger partial charge in [-0.3, -0.25) is 4.90 Å². The molecule has 1 saturated heterocycles. The van der Waals surface area contributed by atoms with Gasteiger partial charge in [0.25, 0.3) is 0 Å². The van der Waals surface area contributed by atoms with Gasteiger partial charge >= 0.3 is 0 Å². The van der Waals surface area contributed by atoms with Crippen molar-refractivity contribution in [3.05, 3.63) is 0 Å². The van der Waals surface area contributed by atoms with E-state index in [1.54, 1.807) is 12.8 Å². The van der Waals surface area contributed by atoms with Gasteiger partial charge in [-0.15, -0.1) is 0 Å². The summed E-state index contributed by atoms with van der Waals surface area (Å²) >= 11 is 0. The van der Waals surface area contributed by atoms with Crippen LogP contribution in [-0.4, -0.2) is 36.7 Å². The van der Waals surface area contributed by atoms with Crippen LogP contribution in [0.15, 0.2) is 0 Å². The summed E-state index contributed by atoms with van der Waals surface area (Å²) in [5.74, 6) is 3.22. The van der Waals surface area contributed by atoms with Crippen molar-refractivity contribution in [1.29, 1.82) is 0 Å². The molecule has 2 bridgehead atoms. The zero-order chi connectivity index (χ0) is 11.9. The van der Waals surface area contributed by atoms with Crippen molar-refractivity contribution in [1.82, 2.24) is 4.90 Å². The molecule has 0 spiro atoms. The SMILES string of the molecule is C1CC[C@@H]2[C@H](C1)OCCN2C[C@H]1C[C@H]2CC[C@H]1C2. The average Bonchev–Trinajstić information content (AvgIpc) is 3.01. The van der Waals surface area contributed by atoms with Gasteiger partial charge in [-0.05, 0) is 49.9 Å². The second-order valence-corrected chi connectivity index (χ2v) is 7.19. The first kappa shape index (κ1) is 11.7. The number of hydrogen-bond donors (Lipinski definition) is 0. The maximum atomic E-state index is 6.00. The molecule has 4 fully saturated rings. The van der Waals surface area contributed by atoms with E-state index in [2.05, 4.69) is 4.90 Å². The second kappa shape index (κ2) is 4.79. The van der Waals surface area contributed by atoms with E-state index in [0.29, 0.717) is 6.10 Å². The van der Waals surface area contributed by atoms with Gasteiger partial charge < -0.3 is 4.74 Å². The predicted octanol–water partition coefficient (Wildman–Crippen LogP) is 3.07. The third-order valence-corrected chi connectivity index (χ3v) is 6.20. The molecule has 102 valence electrons. The molecule has 0 aromatic carbocycles. The van der Waals surface area contributed by atoms with Crippen molar-refractivity contribution in [3.8, 4) is 0 Å². The summed E-state index contributed by atoms with van der Waals surface area (Å²) in [4.78, 5) is 2.82. The molecule has 0 radical (unpaired) electrons. The minimum atomic E-state index is 0.575. The number of nitrogens with zero attached hydrogens (tertiary/aromatic N) is 1. The smallest absolute Gasteiger partial charge is 0.0730 e. The lowest BCUT2D eigenvalue weighted by Gasteiger charge is -2.45. The van der Waals surface area contributed by atoms with Crippen molar-refractivity contribution in [3.63, 3.8) is 0 Å². The van der Waals surface area contributed by atoms with E-state index in [-0.39, 0.29) is 0 Å². The predicted molar refractivity (Wildman–Crippen MR) is 72.5 cm³/mol. The Morgan fingerprint density at radius 1 is 1.00 bits per heavy atom. The Kier molecular flexibility index (Phi) is 3.12. The zero-order valence-corrected chi connectivity index (χ0v) is 11.5. The van der Waals surface area contributed by atoms with Crippen LogP contribution in [0.5, 0.6) is 0 Å². The first-order chi connectivity index (χ1) is 8.90. The summed E-state index contributed by atoms with van der Waals surface area (Å²) in [5, 5.41) is 0. The summed E-state index contributed by atoms with van der Waals surface area (Å²) in [6, 6.07) is 0.770. The highest BCUT2D eigenvalue weighted by atomic mass is 16.5. The Morgan fingerprint density at radius 3 is 2.78 bits per heavy atom. The summed E-state index contributed by atoms with van der Waals surface area (Å²) in [6.07, 6.45) is 12.3. The van der Waals surface area contributed by atoms with Gasteiger partial charge in [0.05, 0.1) is 12.7 Å². The fourth-order valence-corrected chi connectivity index (χ4v) is 5.30. The maximum Gasteiger partial charge on any atom is 0.0730 e. The first-order valence-corrected chi connectivity index (χ1v) is 8.26. The molecule has 0 amide bonds. The Bertz CT molecular complexity index is 303. The molecule has 0 N–H and O–H groups in total. The van der Waals surface area contributed by atoms with Gasteiger partial charge in [-0.25, -0.2) is 0 Å². The summed E-state index contributed by atoms with van der Waals surface area (Å²) < 4.78 is 6.00. The highest BCUT2D eigenvalue weighted by Gasteiger charge is 2.42. The van der Waals surface area contributed by atoms with Crippen molar-refractivity contribution >= 4 is 0 Å². The number of fused-ring (bicyclic) bond motifs is 3. The second-order valence-electron chi connectivity index (χ2n) is 7.19. The van der Waals surface area contributed by atoms with Crippen LogP contribution >= 0.6 is 0 Å². The van der Waals surface area contributed by atoms with E-state index in [1.807, 2.05) is 0 Å². The lowest BCUT2D eigenvalue weighted by molar-refractivity contribution is -0.0937. The van der Waals surface area contributed by atoms with Gasteiger partial charge in [-0.2, -0.15) is 0 Å². The minimum Gasteiger partial charge on any atom is -0.375 e. The van der Waals surface area contributed by atoms with Gasteiger partial charge in [0.1, 0.15) is 0 Å². The molecule has 4 aliphatic rings. The van der Waals surface area contributed by atoms with Crippen LogP contribution in [0.25, 0.3) is 0 Å². The number of rotatable bonds is 2. The first-order valence-electron chi connectivity index (χ1n) is 8.26. The highest BCUT2D eigenvalue weighted by molar-refractivity contribution is 4.94. The van der Waals surface area contributed by atoms with Gasteiger partial charge in [0.15, 0.2) is 0 Å². The van der Waals surface area contributed by atoms with Crippen molar-refractivity contribution in [2.24, 2.45) is 17.8 Å². The molecule has 0 aromatic heterocycles. The summed E-state index contributed by atoms with van der Waals surface area (Å²) in [6.45, 7) is 3.59. The minimum absolute atomic E-state index is 0.575. The van der Waals surface area contributed by atoms with Gasteiger partial charge in [0.2, 0.25) is 0 Å². The molecule has 2 nitrogen and oxygen atoms in total. The third kappa shape index (κ3) is 2.02. The van der Waals surface area contributed by atoms with Crippen LogP contribution in [-0.2, 0) is 4.74 Å². The summed E-state index contributed by atoms with van der Waals surface area (Å²) in [5.41, 5.74) is 0. The zero-order valence-electron chi connectivity index (χ0n) is 11.5. The largest absolute Gasteiger partial charge is 0.375 e. The van der Waals surface area contributed by atoms with Crippen molar-refractivity contribution < 1.29 is 4.74 Å². The third-order valence-electron chi connectivity index (χ3n) is 6.20. The monoisotopic (exact) mass is 249 g/mol. The van der Waals surface area contributed by atoms with Crippen LogP contribution in [0, 0.1) is 17.8 Å².